The van der Waals surface area contributed by atoms with Crippen molar-refractivity contribution >= 4 is 28.8 Å². The van der Waals surface area contributed by atoms with E-state index >= 15 is 0 Å². The lowest BCUT2D eigenvalue weighted by atomic mass is 10.3. The standard InChI is InChI=1S/C21H19F3N8OS/c1-13-27-16(31-8-2-3-9-31)10-17(28-13)32(18-11-25-6-7-26-18)12-14-4-5-15(34-14)19-29-20(33-30-19)21(22,23)24/h4-7,10-11H,2-3,8-9,12H2,1H3. The van der Waals surface area contributed by atoms with E-state index in [-0.39, 0.29) is 5.82 Å². The van der Waals surface area contributed by atoms with Crippen LogP contribution in [0.1, 0.15) is 29.4 Å². The number of aryl methyl sites for hydroxylation is 1. The molecule has 0 atom stereocenters. The van der Waals surface area contributed by atoms with E-state index in [9.17, 15) is 13.2 Å². The van der Waals surface area contributed by atoms with Crippen LogP contribution in [-0.2, 0) is 12.7 Å². The normalized spacial score (nSPS) is 14.1. The van der Waals surface area contributed by atoms with Crippen LogP contribution in [0.25, 0.3) is 10.7 Å². The summed E-state index contributed by atoms with van der Waals surface area (Å²) in [4.78, 5) is 26.8. The monoisotopic (exact) mass is 488 g/mol. The molecule has 0 unspecified atom stereocenters. The molecule has 5 rings (SSSR count). The number of alkyl halides is 3. The number of halogens is 3. The molecular weight excluding hydrogens is 469 g/mol. The highest BCUT2D eigenvalue weighted by molar-refractivity contribution is 7.15. The Labute approximate surface area is 196 Å². The van der Waals surface area contributed by atoms with E-state index < -0.39 is 12.1 Å². The fourth-order valence-corrected chi connectivity index (χ4v) is 4.59. The summed E-state index contributed by atoms with van der Waals surface area (Å²) in [5, 5.41) is 3.47. The van der Waals surface area contributed by atoms with Gasteiger partial charge in [-0.15, -0.1) is 11.3 Å². The van der Waals surface area contributed by atoms with E-state index in [0.717, 1.165) is 36.6 Å². The van der Waals surface area contributed by atoms with Crippen molar-refractivity contribution in [3.05, 3.63) is 53.4 Å². The van der Waals surface area contributed by atoms with Gasteiger partial charge >= 0.3 is 12.1 Å². The van der Waals surface area contributed by atoms with Gasteiger partial charge in [0, 0.05) is 36.4 Å². The van der Waals surface area contributed by atoms with Crippen LogP contribution in [0.5, 0.6) is 0 Å². The Balaban J connectivity index is 1.46. The molecule has 0 saturated carbocycles. The van der Waals surface area contributed by atoms with E-state index in [0.29, 0.717) is 28.9 Å². The van der Waals surface area contributed by atoms with E-state index in [1.165, 1.54) is 11.3 Å². The van der Waals surface area contributed by atoms with Gasteiger partial charge in [0.25, 0.3) is 0 Å². The van der Waals surface area contributed by atoms with Gasteiger partial charge < -0.3 is 14.3 Å². The van der Waals surface area contributed by atoms with Crippen LogP contribution < -0.4 is 9.80 Å². The molecule has 4 aromatic rings. The van der Waals surface area contributed by atoms with Crippen molar-refractivity contribution in [2.45, 2.75) is 32.5 Å². The Bertz CT molecular complexity index is 1270. The Morgan fingerprint density at radius 2 is 1.91 bits per heavy atom. The molecule has 0 N–H and O–H groups in total. The molecule has 0 aromatic carbocycles. The number of nitrogens with zero attached hydrogens (tertiary/aromatic N) is 8. The van der Waals surface area contributed by atoms with Gasteiger partial charge in [0.1, 0.15) is 17.5 Å². The lowest BCUT2D eigenvalue weighted by Crippen LogP contribution is -2.23. The minimum absolute atomic E-state index is 0.108. The van der Waals surface area contributed by atoms with Crippen LogP contribution in [0.4, 0.5) is 30.6 Å². The van der Waals surface area contributed by atoms with Crippen molar-refractivity contribution in [1.29, 1.82) is 0 Å². The predicted octanol–water partition coefficient (Wildman–Crippen LogP) is 4.64. The molecule has 13 heteroatoms. The molecule has 0 radical (unpaired) electrons. The SMILES string of the molecule is Cc1nc(N2CCCC2)cc(N(Cc2ccc(-c3noc(C(F)(F)F)n3)s2)c2cnccn2)n1. The van der Waals surface area contributed by atoms with Gasteiger partial charge in [-0.2, -0.15) is 18.2 Å². The largest absolute Gasteiger partial charge is 0.471 e. The Hall–Kier alpha value is -3.61. The van der Waals surface area contributed by atoms with Crippen LogP contribution in [0, 0.1) is 6.92 Å². The second kappa shape index (κ2) is 8.97. The first-order valence-electron chi connectivity index (χ1n) is 10.5. The number of thiophene rings is 1. The second-order valence-electron chi connectivity index (χ2n) is 7.66. The summed E-state index contributed by atoms with van der Waals surface area (Å²) in [5.74, 6) is 1.25. The predicted molar refractivity (Wildman–Crippen MR) is 119 cm³/mol. The highest BCUT2D eigenvalue weighted by Gasteiger charge is 2.38. The molecule has 9 nitrogen and oxygen atoms in total. The van der Waals surface area contributed by atoms with Crippen LogP contribution in [0.15, 0.2) is 41.3 Å². The maximum Gasteiger partial charge on any atom is 0.471 e. The van der Waals surface area contributed by atoms with Gasteiger partial charge in [0.05, 0.1) is 17.6 Å². The molecule has 176 valence electrons. The van der Waals surface area contributed by atoms with Crippen molar-refractivity contribution in [2.24, 2.45) is 0 Å². The van der Waals surface area contributed by atoms with Crippen molar-refractivity contribution in [2.75, 3.05) is 22.9 Å². The topological polar surface area (TPSA) is 97.0 Å². The zero-order chi connectivity index (χ0) is 23.7. The molecular formula is C21H19F3N8OS. The summed E-state index contributed by atoms with van der Waals surface area (Å²) in [6, 6.07) is 5.40. The third-order valence-electron chi connectivity index (χ3n) is 5.21. The maximum absolute atomic E-state index is 12.8. The average molecular weight is 488 g/mol. The summed E-state index contributed by atoms with van der Waals surface area (Å²) >= 11 is 1.27. The first-order valence-corrected chi connectivity index (χ1v) is 11.3. The summed E-state index contributed by atoms with van der Waals surface area (Å²) in [5.41, 5.74) is 0. The minimum atomic E-state index is -4.69. The molecule has 1 aliphatic heterocycles. The summed E-state index contributed by atoms with van der Waals surface area (Å²) in [6.45, 7) is 4.10. The average Bonchev–Trinajstić information content (AvgIpc) is 3.59. The van der Waals surface area contributed by atoms with E-state index in [2.05, 4.69) is 39.5 Å². The van der Waals surface area contributed by atoms with Crippen LogP contribution in [0.2, 0.25) is 0 Å². The van der Waals surface area contributed by atoms with Gasteiger partial charge in [-0.25, -0.2) is 15.0 Å². The highest BCUT2D eigenvalue weighted by Crippen LogP contribution is 2.34. The number of rotatable bonds is 6. The second-order valence-corrected chi connectivity index (χ2v) is 8.83. The third kappa shape index (κ3) is 4.69. The van der Waals surface area contributed by atoms with Crippen molar-refractivity contribution < 1.29 is 17.7 Å². The number of hydrogen-bond acceptors (Lipinski definition) is 10. The first-order chi connectivity index (χ1) is 16.4. The molecule has 1 fully saturated rings. The maximum atomic E-state index is 12.8. The van der Waals surface area contributed by atoms with Gasteiger partial charge in [-0.3, -0.25) is 4.98 Å². The summed E-state index contributed by atoms with van der Waals surface area (Å²) < 4.78 is 42.8. The molecule has 1 saturated heterocycles. The van der Waals surface area contributed by atoms with Crippen LogP contribution in [-0.4, -0.2) is 43.2 Å². The fourth-order valence-electron chi connectivity index (χ4n) is 3.67. The van der Waals surface area contributed by atoms with Crippen LogP contribution in [0.3, 0.4) is 0 Å². The first kappa shape index (κ1) is 22.2. The zero-order valence-electron chi connectivity index (χ0n) is 18.0. The molecule has 0 amide bonds. The van der Waals surface area contributed by atoms with Crippen molar-refractivity contribution in [3.63, 3.8) is 0 Å². The van der Waals surface area contributed by atoms with E-state index in [4.69, 9.17) is 0 Å². The molecule has 0 bridgehead atoms. The molecule has 1 aliphatic rings. The van der Waals surface area contributed by atoms with Gasteiger partial charge in [-0.1, -0.05) is 5.16 Å². The summed E-state index contributed by atoms with van der Waals surface area (Å²) in [6.07, 6.45) is 2.37. The lowest BCUT2D eigenvalue weighted by Gasteiger charge is -2.24. The van der Waals surface area contributed by atoms with E-state index in [1.807, 2.05) is 24.0 Å². The zero-order valence-corrected chi connectivity index (χ0v) is 18.8. The fraction of sp³-hybridized carbons (Fsp3) is 0.333. The molecule has 0 spiro atoms. The number of anilines is 3. The van der Waals surface area contributed by atoms with Crippen molar-refractivity contribution in [1.82, 2.24) is 30.1 Å². The Morgan fingerprint density at radius 1 is 1.09 bits per heavy atom. The van der Waals surface area contributed by atoms with Gasteiger partial charge in [-0.05, 0) is 31.9 Å². The highest BCUT2D eigenvalue weighted by atomic mass is 32.1. The van der Waals surface area contributed by atoms with Gasteiger partial charge in [0.15, 0.2) is 5.82 Å². The van der Waals surface area contributed by atoms with E-state index in [1.54, 1.807) is 24.7 Å². The minimum Gasteiger partial charge on any atom is -0.356 e. The lowest BCUT2D eigenvalue weighted by molar-refractivity contribution is -0.159. The summed E-state index contributed by atoms with van der Waals surface area (Å²) in [7, 11) is 0. The molecule has 4 aromatic heterocycles. The van der Waals surface area contributed by atoms with Crippen LogP contribution >= 0.6 is 11.3 Å². The quantitative estimate of drug-likeness (QED) is 0.384. The molecule has 0 aliphatic carbocycles. The molecule has 5 heterocycles. The number of hydrogen-bond donors (Lipinski definition) is 0. The molecule has 34 heavy (non-hydrogen) atoms. The Kier molecular flexibility index (Phi) is 5.86. The number of aromatic nitrogens is 6. The third-order valence-corrected chi connectivity index (χ3v) is 6.27. The van der Waals surface area contributed by atoms with Crippen molar-refractivity contribution in [3.8, 4) is 10.7 Å². The van der Waals surface area contributed by atoms with Gasteiger partial charge in [0.2, 0.25) is 5.82 Å². The smallest absolute Gasteiger partial charge is 0.356 e. The Morgan fingerprint density at radius 3 is 2.62 bits per heavy atom.